The molecule has 1 aliphatic heterocycles. The van der Waals surface area contributed by atoms with E-state index in [1.807, 2.05) is 27.9 Å². The molecule has 0 bridgehead atoms. The van der Waals surface area contributed by atoms with Crippen LogP contribution >= 0.6 is 0 Å². The summed E-state index contributed by atoms with van der Waals surface area (Å²) in [5.41, 5.74) is 2.59. The fourth-order valence-electron chi connectivity index (χ4n) is 4.16. The zero-order chi connectivity index (χ0) is 22.0. The van der Waals surface area contributed by atoms with E-state index >= 15 is 0 Å². The number of nitrogens with zero attached hydrogens (tertiary/aromatic N) is 7. The van der Waals surface area contributed by atoms with E-state index in [4.69, 9.17) is 9.52 Å². The van der Waals surface area contributed by atoms with Gasteiger partial charge in [-0.05, 0) is 53.8 Å². The van der Waals surface area contributed by atoms with E-state index in [0.29, 0.717) is 5.82 Å². The second-order valence-corrected chi connectivity index (χ2v) is 8.39. The minimum absolute atomic E-state index is 0.0407. The topological polar surface area (TPSA) is 105 Å². The van der Waals surface area contributed by atoms with E-state index in [-0.39, 0.29) is 11.8 Å². The molecule has 4 rings (SSSR count). The van der Waals surface area contributed by atoms with Crippen molar-refractivity contribution in [2.24, 2.45) is 5.92 Å². The summed E-state index contributed by atoms with van der Waals surface area (Å²) in [7, 11) is 4.08. The van der Waals surface area contributed by atoms with Gasteiger partial charge in [-0.3, -0.25) is 4.79 Å². The highest BCUT2D eigenvalue weighted by Gasteiger charge is 2.28. The van der Waals surface area contributed by atoms with Gasteiger partial charge < -0.3 is 19.5 Å². The van der Waals surface area contributed by atoms with Crippen LogP contribution in [0.25, 0.3) is 16.7 Å². The summed E-state index contributed by atoms with van der Waals surface area (Å²) in [5, 5.41) is 17.7. The molecule has 3 aromatic heterocycles. The van der Waals surface area contributed by atoms with Crippen molar-refractivity contribution >= 4 is 22.6 Å². The highest BCUT2D eigenvalue weighted by Crippen LogP contribution is 2.31. The second-order valence-electron chi connectivity index (χ2n) is 8.39. The van der Waals surface area contributed by atoms with Crippen molar-refractivity contribution < 1.29 is 9.21 Å². The Morgan fingerprint density at radius 1 is 1.26 bits per heavy atom. The molecule has 0 spiro atoms. The zero-order valence-corrected chi connectivity index (χ0v) is 18.6. The van der Waals surface area contributed by atoms with Crippen LogP contribution in [0.15, 0.2) is 17.1 Å². The lowest BCUT2D eigenvalue weighted by atomic mass is 9.95. The van der Waals surface area contributed by atoms with E-state index < -0.39 is 0 Å². The van der Waals surface area contributed by atoms with E-state index in [2.05, 4.69) is 30.3 Å². The van der Waals surface area contributed by atoms with Crippen molar-refractivity contribution in [3.8, 4) is 5.82 Å². The summed E-state index contributed by atoms with van der Waals surface area (Å²) in [6.07, 6.45) is 5.50. The van der Waals surface area contributed by atoms with Crippen molar-refractivity contribution in [2.45, 2.75) is 33.1 Å². The van der Waals surface area contributed by atoms with E-state index in [1.165, 1.54) is 6.39 Å². The summed E-state index contributed by atoms with van der Waals surface area (Å²) >= 11 is 0. The summed E-state index contributed by atoms with van der Waals surface area (Å²) in [6.45, 7) is 7.13. The van der Waals surface area contributed by atoms with Crippen LogP contribution in [0.4, 0.5) is 5.82 Å². The molecule has 0 aliphatic carbocycles. The van der Waals surface area contributed by atoms with Gasteiger partial charge in [-0.2, -0.15) is 15.2 Å². The van der Waals surface area contributed by atoms with Gasteiger partial charge in [0.25, 0.3) is 0 Å². The number of carbonyl (C=O) groups is 1. The Hall–Kier alpha value is -3.01. The first-order chi connectivity index (χ1) is 15.0. The van der Waals surface area contributed by atoms with Gasteiger partial charge in [-0.1, -0.05) is 0 Å². The van der Waals surface area contributed by atoms with Crippen LogP contribution in [0.5, 0.6) is 0 Å². The van der Waals surface area contributed by atoms with Crippen molar-refractivity contribution in [3.63, 3.8) is 0 Å². The zero-order valence-electron chi connectivity index (χ0n) is 18.6. The predicted molar refractivity (Wildman–Crippen MR) is 117 cm³/mol. The number of rotatable bonds is 7. The summed E-state index contributed by atoms with van der Waals surface area (Å²) in [4.78, 5) is 21.0. The van der Waals surface area contributed by atoms with Crippen LogP contribution in [0.1, 0.15) is 30.7 Å². The maximum atomic E-state index is 12.5. The van der Waals surface area contributed by atoms with Crippen molar-refractivity contribution in [1.82, 2.24) is 35.2 Å². The molecule has 0 saturated carbocycles. The van der Waals surface area contributed by atoms with Crippen LogP contribution in [0.3, 0.4) is 0 Å². The molecule has 10 nitrogen and oxygen atoms in total. The molecule has 1 saturated heterocycles. The molecule has 1 fully saturated rings. The van der Waals surface area contributed by atoms with E-state index in [1.54, 1.807) is 10.9 Å². The number of anilines is 1. The average molecular weight is 427 g/mol. The molecule has 1 aliphatic rings. The van der Waals surface area contributed by atoms with E-state index in [9.17, 15) is 4.79 Å². The molecule has 31 heavy (non-hydrogen) atoms. The number of hydrogen-bond acceptors (Lipinski definition) is 8. The number of fused-ring (bicyclic) bond motifs is 1. The minimum Gasteiger partial charge on any atom is -0.449 e. The number of aryl methyl sites for hydroxylation is 2. The molecule has 3 aromatic rings. The largest absolute Gasteiger partial charge is 0.449 e. The van der Waals surface area contributed by atoms with Crippen LogP contribution in [-0.2, 0) is 4.79 Å². The Morgan fingerprint density at radius 2 is 2.03 bits per heavy atom. The minimum atomic E-state index is 0.0407. The lowest BCUT2D eigenvalue weighted by Gasteiger charge is -2.32. The molecule has 166 valence electrons. The number of oxazole rings is 1. The first kappa shape index (κ1) is 21.2. The number of aromatic nitrogens is 5. The number of hydrogen-bond donors (Lipinski definition) is 1. The second kappa shape index (κ2) is 9.01. The van der Waals surface area contributed by atoms with Crippen LogP contribution in [0.2, 0.25) is 0 Å². The maximum absolute atomic E-state index is 12.5. The van der Waals surface area contributed by atoms with Crippen LogP contribution in [-0.4, -0.2) is 76.0 Å². The molecular formula is C21H30N8O2. The van der Waals surface area contributed by atoms with Crippen molar-refractivity contribution in [1.29, 1.82) is 0 Å². The molecule has 0 unspecified atom stereocenters. The van der Waals surface area contributed by atoms with Crippen LogP contribution in [0, 0.1) is 19.8 Å². The summed E-state index contributed by atoms with van der Waals surface area (Å²) < 4.78 is 6.89. The molecular weight excluding hydrogens is 396 g/mol. The molecule has 0 aromatic carbocycles. The first-order valence-corrected chi connectivity index (χ1v) is 10.7. The lowest BCUT2D eigenvalue weighted by Crippen LogP contribution is -2.41. The van der Waals surface area contributed by atoms with Gasteiger partial charge in [0.1, 0.15) is 11.8 Å². The highest BCUT2D eigenvalue weighted by atomic mass is 16.3. The van der Waals surface area contributed by atoms with Crippen molar-refractivity contribution in [3.05, 3.63) is 24.0 Å². The van der Waals surface area contributed by atoms with E-state index in [0.717, 1.165) is 73.6 Å². The Labute approximate surface area is 181 Å². The molecule has 0 atom stereocenters. The SMILES string of the molecule is Cc1nnc(N2CCC(C(=O)NCCCN(C)C)CC2)c2nn(-c3cocn3)c(C)c12. The number of amides is 1. The normalized spacial score (nSPS) is 15.2. The monoisotopic (exact) mass is 426 g/mol. The standard InChI is InChI=1S/C21H30N8O2/c1-14-18-15(2)29(17-12-31-13-23-17)26-19(18)20(25-24-14)28-10-6-16(7-11-28)21(30)22-8-5-9-27(3)4/h12-13,16H,5-11H2,1-4H3,(H,22,30). The fraction of sp³-hybridized carbons (Fsp3) is 0.571. The van der Waals surface area contributed by atoms with Crippen LogP contribution < -0.4 is 10.2 Å². The van der Waals surface area contributed by atoms with Crippen molar-refractivity contribution in [2.75, 3.05) is 45.2 Å². The van der Waals surface area contributed by atoms with Gasteiger partial charge in [-0.15, -0.1) is 5.10 Å². The third kappa shape index (κ3) is 4.39. The van der Waals surface area contributed by atoms with Gasteiger partial charge in [0.2, 0.25) is 5.91 Å². The van der Waals surface area contributed by atoms with Gasteiger partial charge in [0, 0.05) is 25.6 Å². The number of nitrogens with one attached hydrogen (secondary N) is 1. The molecule has 4 heterocycles. The number of piperidine rings is 1. The van der Waals surface area contributed by atoms with Gasteiger partial charge in [-0.25, -0.2) is 4.68 Å². The molecule has 1 amide bonds. The molecule has 0 radical (unpaired) electrons. The highest BCUT2D eigenvalue weighted by molar-refractivity contribution is 5.92. The lowest BCUT2D eigenvalue weighted by molar-refractivity contribution is -0.125. The van der Waals surface area contributed by atoms with Gasteiger partial charge >= 0.3 is 0 Å². The Bertz CT molecular complexity index is 1040. The van der Waals surface area contributed by atoms with Gasteiger partial charge in [0.15, 0.2) is 18.0 Å². The molecule has 10 heteroatoms. The summed E-state index contributed by atoms with van der Waals surface area (Å²) in [5.74, 6) is 1.59. The first-order valence-electron chi connectivity index (χ1n) is 10.7. The predicted octanol–water partition coefficient (Wildman–Crippen LogP) is 1.70. The maximum Gasteiger partial charge on any atom is 0.223 e. The summed E-state index contributed by atoms with van der Waals surface area (Å²) in [6, 6.07) is 0. The average Bonchev–Trinajstić information content (AvgIpc) is 3.40. The number of carbonyl (C=O) groups excluding carboxylic acids is 1. The Balaban J connectivity index is 1.46. The third-order valence-corrected chi connectivity index (χ3v) is 5.87. The fourth-order valence-corrected chi connectivity index (χ4v) is 4.16. The quantitative estimate of drug-likeness (QED) is 0.569. The smallest absolute Gasteiger partial charge is 0.223 e. The van der Waals surface area contributed by atoms with Gasteiger partial charge in [0.05, 0.1) is 16.8 Å². The Morgan fingerprint density at radius 3 is 2.71 bits per heavy atom. The Kier molecular flexibility index (Phi) is 6.17. The third-order valence-electron chi connectivity index (χ3n) is 5.87. The molecule has 1 N–H and O–H groups in total.